The van der Waals surface area contributed by atoms with Gasteiger partial charge in [-0.2, -0.15) is 0 Å². The molecule has 7 heteroatoms. The summed E-state index contributed by atoms with van der Waals surface area (Å²) in [5.74, 6) is -4.22. The van der Waals surface area contributed by atoms with Crippen LogP contribution in [0.4, 0.5) is 13.2 Å². The van der Waals surface area contributed by atoms with Crippen LogP contribution in [0.2, 0.25) is 0 Å². The zero-order chi connectivity index (χ0) is 17.1. The van der Waals surface area contributed by atoms with Gasteiger partial charge in [-0.05, 0) is 18.4 Å². The van der Waals surface area contributed by atoms with Gasteiger partial charge in [-0.3, -0.25) is 9.69 Å². The Labute approximate surface area is 133 Å². The maximum Gasteiger partial charge on any atom is 0.248 e. The smallest absolute Gasteiger partial charge is 0.248 e. The van der Waals surface area contributed by atoms with Gasteiger partial charge in [-0.25, -0.2) is 13.2 Å². The van der Waals surface area contributed by atoms with Gasteiger partial charge in [0, 0.05) is 24.7 Å². The Morgan fingerprint density at radius 3 is 2.65 bits per heavy atom. The molecule has 0 radical (unpaired) electrons. The predicted octanol–water partition coefficient (Wildman–Crippen LogP) is 2.20. The summed E-state index contributed by atoms with van der Waals surface area (Å²) in [5, 5.41) is 0. The molecule has 1 amide bonds. The first kappa shape index (κ1) is 17.7. The summed E-state index contributed by atoms with van der Waals surface area (Å²) in [6, 6.07) is 1.79. The van der Waals surface area contributed by atoms with E-state index in [0.717, 1.165) is 6.07 Å². The number of hydrogen-bond donors (Lipinski definition) is 1. The molecule has 0 bridgehead atoms. The summed E-state index contributed by atoms with van der Waals surface area (Å²) >= 11 is 0. The molecule has 23 heavy (non-hydrogen) atoms. The van der Waals surface area contributed by atoms with Crippen molar-refractivity contribution in [3.05, 3.63) is 35.1 Å². The van der Waals surface area contributed by atoms with E-state index < -0.39 is 29.5 Å². The molecule has 0 aliphatic carbocycles. The van der Waals surface area contributed by atoms with Gasteiger partial charge in [0.15, 0.2) is 23.6 Å². The fourth-order valence-electron chi connectivity index (χ4n) is 2.90. The number of primary amides is 1. The molecule has 0 spiro atoms. The van der Waals surface area contributed by atoms with Crippen LogP contribution < -0.4 is 5.73 Å². The summed E-state index contributed by atoms with van der Waals surface area (Å²) in [5.41, 5.74) is 5.43. The molecule has 2 N–H and O–H groups in total. The number of ether oxygens (including phenoxy) is 1. The number of halogens is 3. The van der Waals surface area contributed by atoms with Crippen LogP contribution in [0.3, 0.4) is 0 Å². The minimum atomic E-state index is -1.48. The molecule has 1 aliphatic rings. The van der Waals surface area contributed by atoms with Crippen molar-refractivity contribution < 1.29 is 22.7 Å². The van der Waals surface area contributed by atoms with E-state index >= 15 is 0 Å². The Balaban J connectivity index is 2.25. The van der Waals surface area contributed by atoms with Crippen molar-refractivity contribution >= 4 is 5.91 Å². The molecular formula is C16H21F3N2O2. The summed E-state index contributed by atoms with van der Waals surface area (Å²) < 4.78 is 45.8. The first-order valence-corrected chi connectivity index (χ1v) is 7.58. The number of morpholine rings is 1. The van der Waals surface area contributed by atoms with Crippen LogP contribution in [0.1, 0.15) is 25.8 Å². The number of nitrogens with zero attached hydrogens (tertiary/aromatic N) is 1. The van der Waals surface area contributed by atoms with Gasteiger partial charge in [0.05, 0.1) is 6.61 Å². The number of carbonyl (C=O) groups is 1. The van der Waals surface area contributed by atoms with Crippen LogP contribution in [0.25, 0.3) is 0 Å². The molecule has 4 nitrogen and oxygen atoms in total. The van der Waals surface area contributed by atoms with E-state index in [1.54, 1.807) is 0 Å². The fraction of sp³-hybridized carbons (Fsp3) is 0.562. The fourth-order valence-corrected chi connectivity index (χ4v) is 2.90. The average molecular weight is 330 g/mol. The highest BCUT2D eigenvalue weighted by molar-refractivity contribution is 5.79. The number of hydrogen-bond acceptors (Lipinski definition) is 3. The molecular weight excluding hydrogens is 309 g/mol. The van der Waals surface area contributed by atoms with Gasteiger partial charge >= 0.3 is 0 Å². The molecule has 2 atom stereocenters. The third-order valence-corrected chi connectivity index (χ3v) is 3.98. The van der Waals surface area contributed by atoms with Crippen molar-refractivity contribution in [2.45, 2.75) is 39.0 Å². The van der Waals surface area contributed by atoms with Crippen LogP contribution in [-0.4, -0.2) is 36.1 Å². The first-order chi connectivity index (χ1) is 10.8. The minimum absolute atomic E-state index is 0.0442. The molecule has 1 aromatic carbocycles. The third kappa shape index (κ3) is 4.03. The van der Waals surface area contributed by atoms with Gasteiger partial charge in [0.1, 0.15) is 0 Å². The lowest BCUT2D eigenvalue weighted by Crippen LogP contribution is -2.56. The van der Waals surface area contributed by atoms with Crippen LogP contribution in [-0.2, 0) is 16.1 Å². The lowest BCUT2D eigenvalue weighted by atomic mass is 9.95. The van der Waals surface area contributed by atoms with E-state index in [2.05, 4.69) is 0 Å². The molecule has 128 valence electrons. The van der Waals surface area contributed by atoms with E-state index in [0.29, 0.717) is 13.0 Å². The highest BCUT2D eigenvalue weighted by atomic mass is 19.2. The highest BCUT2D eigenvalue weighted by Gasteiger charge is 2.36. The van der Waals surface area contributed by atoms with Crippen molar-refractivity contribution in [3.63, 3.8) is 0 Å². The molecule has 1 aromatic rings. The largest absolute Gasteiger partial charge is 0.367 e. The molecule has 1 heterocycles. The second kappa shape index (κ2) is 7.31. The van der Waals surface area contributed by atoms with Crippen LogP contribution in [0, 0.1) is 23.4 Å². The minimum Gasteiger partial charge on any atom is -0.367 e. The Hall–Kier alpha value is -1.60. The van der Waals surface area contributed by atoms with Crippen LogP contribution >= 0.6 is 0 Å². The van der Waals surface area contributed by atoms with E-state index in [4.69, 9.17) is 10.5 Å². The quantitative estimate of drug-likeness (QED) is 0.842. The number of benzene rings is 1. The van der Waals surface area contributed by atoms with Crippen LogP contribution in [0.15, 0.2) is 12.1 Å². The van der Waals surface area contributed by atoms with Crippen molar-refractivity contribution in [2.75, 3.05) is 13.2 Å². The van der Waals surface area contributed by atoms with Gasteiger partial charge < -0.3 is 10.5 Å². The zero-order valence-electron chi connectivity index (χ0n) is 13.2. The van der Waals surface area contributed by atoms with Crippen molar-refractivity contribution in [1.82, 2.24) is 4.90 Å². The number of nitrogens with two attached hydrogens (primary N) is 1. The summed E-state index contributed by atoms with van der Waals surface area (Å²) in [4.78, 5) is 13.4. The summed E-state index contributed by atoms with van der Waals surface area (Å²) in [7, 11) is 0. The Bertz CT molecular complexity index is 581. The van der Waals surface area contributed by atoms with E-state index in [1.807, 2.05) is 18.7 Å². The monoisotopic (exact) mass is 330 g/mol. The molecule has 2 rings (SSSR count). The van der Waals surface area contributed by atoms with E-state index in [9.17, 15) is 18.0 Å². The van der Waals surface area contributed by atoms with Gasteiger partial charge in [-0.1, -0.05) is 19.9 Å². The maximum absolute atomic E-state index is 13.9. The van der Waals surface area contributed by atoms with Crippen molar-refractivity contribution in [3.8, 4) is 0 Å². The zero-order valence-corrected chi connectivity index (χ0v) is 13.2. The van der Waals surface area contributed by atoms with E-state index in [1.165, 1.54) is 6.07 Å². The molecule has 1 aliphatic heterocycles. The van der Waals surface area contributed by atoms with Gasteiger partial charge in [-0.15, -0.1) is 0 Å². The second-order valence-corrected chi connectivity index (χ2v) is 6.20. The summed E-state index contributed by atoms with van der Waals surface area (Å²) in [6.07, 6.45) is -0.168. The molecule has 1 saturated heterocycles. The van der Waals surface area contributed by atoms with Crippen LogP contribution in [0.5, 0.6) is 0 Å². The van der Waals surface area contributed by atoms with Gasteiger partial charge in [0.2, 0.25) is 5.91 Å². The molecule has 2 unspecified atom stereocenters. The Morgan fingerprint density at radius 2 is 2.04 bits per heavy atom. The Kier molecular flexibility index (Phi) is 5.64. The Morgan fingerprint density at radius 1 is 1.35 bits per heavy atom. The molecule has 1 fully saturated rings. The average Bonchev–Trinajstić information content (AvgIpc) is 2.48. The van der Waals surface area contributed by atoms with Gasteiger partial charge in [0.25, 0.3) is 0 Å². The lowest BCUT2D eigenvalue weighted by molar-refractivity contribution is -0.143. The molecule has 0 aromatic heterocycles. The molecule has 0 saturated carbocycles. The number of carbonyl (C=O) groups excluding carboxylic acids is 1. The second-order valence-electron chi connectivity index (χ2n) is 6.20. The standard InChI is InChI=1S/C16H21F3N2O2/c1-9(2)7-12-15(16(20)22)23-6-5-21(12)8-10-3-4-11(17)14(19)13(10)18/h3-4,9,12,15H,5-8H2,1-2H3,(H2,20,22). The number of rotatable bonds is 5. The van der Waals surface area contributed by atoms with E-state index in [-0.39, 0.29) is 30.7 Å². The van der Waals surface area contributed by atoms with Crippen molar-refractivity contribution in [1.29, 1.82) is 0 Å². The highest BCUT2D eigenvalue weighted by Crippen LogP contribution is 2.25. The first-order valence-electron chi connectivity index (χ1n) is 7.58. The topological polar surface area (TPSA) is 55.6 Å². The maximum atomic E-state index is 13.9. The summed E-state index contributed by atoms with van der Waals surface area (Å²) in [6.45, 7) is 4.77. The van der Waals surface area contributed by atoms with Crippen molar-refractivity contribution in [2.24, 2.45) is 11.7 Å². The lowest BCUT2D eigenvalue weighted by Gasteiger charge is -2.40. The normalized spacial score (nSPS) is 22.5. The predicted molar refractivity (Wildman–Crippen MR) is 78.9 cm³/mol. The SMILES string of the molecule is CC(C)CC1C(C(N)=O)OCCN1Cc1ccc(F)c(F)c1F. The third-order valence-electron chi connectivity index (χ3n) is 3.98. The number of amides is 1.